The van der Waals surface area contributed by atoms with Gasteiger partial charge in [-0.15, -0.1) is 0 Å². The van der Waals surface area contributed by atoms with Crippen molar-refractivity contribution in [3.8, 4) is 11.3 Å². The molecule has 1 aliphatic heterocycles. The first-order valence-corrected chi connectivity index (χ1v) is 8.30. The van der Waals surface area contributed by atoms with Gasteiger partial charge in [-0.25, -0.2) is 4.98 Å². The van der Waals surface area contributed by atoms with Crippen molar-refractivity contribution >= 4 is 0 Å². The van der Waals surface area contributed by atoms with Crippen LogP contribution in [-0.2, 0) is 0 Å². The maximum Gasteiger partial charge on any atom is 0.0956 e. The van der Waals surface area contributed by atoms with Gasteiger partial charge < -0.3 is 9.67 Å². The number of hydrogen-bond donors (Lipinski definition) is 1. The van der Waals surface area contributed by atoms with Gasteiger partial charge in [0.2, 0.25) is 0 Å². The van der Waals surface area contributed by atoms with Crippen LogP contribution in [0.1, 0.15) is 45.7 Å². The number of aliphatic hydroxyl groups is 1. The second-order valence-electron chi connectivity index (χ2n) is 7.25. The SMILES string of the molecule is CC(C)C[C@H](C1c2ccccc2-c2cncn21)[C@@H](O)C(C)C. The van der Waals surface area contributed by atoms with Gasteiger partial charge in [-0.1, -0.05) is 52.0 Å². The van der Waals surface area contributed by atoms with Crippen LogP contribution in [0, 0.1) is 17.8 Å². The topological polar surface area (TPSA) is 38.0 Å². The first kappa shape index (κ1) is 15.3. The number of aliphatic hydroxyl groups excluding tert-OH is 1. The van der Waals surface area contributed by atoms with Gasteiger partial charge in [-0.3, -0.25) is 0 Å². The minimum Gasteiger partial charge on any atom is -0.392 e. The van der Waals surface area contributed by atoms with Crippen molar-refractivity contribution in [3.63, 3.8) is 0 Å². The number of aromatic nitrogens is 2. The molecule has 1 aromatic heterocycles. The van der Waals surface area contributed by atoms with Crippen molar-refractivity contribution in [1.29, 1.82) is 0 Å². The molecule has 118 valence electrons. The Morgan fingerprint density at radius 2 is 1.91 bits per heavy atom. The lowest BCUT2D eigenvalue weighted by Gasteiger charge is -2.33. The van der Waals surface area contributed by atoms with Gasteiger partial charge in [-0.05, 0) is 23.8 Å². The molecule has 3 atom stereocenters. The Morgan fingerprint density at radius 3 is 2.59 bits per heavy atom. The molecule has 0 saturated heterocycles. The van der Waals surface area contributed by atoms with Crippen LogP contribution in [0.2, 0.25) is 0 Å². The van der Waals surface area contributed by atoms with Gasteiger partial charge in [0.05, 0.1) is 30.4 Å². The number of benzene rings is 1. The van der Waals surface area contributed by atoms with Crippen LogP contribution in [0.3, 0.4) is 0 Å². The third-order valence-electron chi connectivity index (χ3n) is 4.79. The van der Waals surface area contributed by atoms with Crippen LogP contribution in [0.15, 0.2) is 36.8 Å². The third kappa shape index (κ3) is 2.48. The zero-order valence-electron chi connectivity index (χ0n) is 13.9. The number of hydrogen-bond acceptors (Lipinski definition) is 2. The van der Waals surface area contributed by atoms with E-state index < -0.39 is 0 Å². The molecule has 0 aliphatic carbocycles. The van der Waals surface area contributed by atoms with E-state index in [-0.39, 0.29) is 24.0 Å². The van der Waals surface area contributed by atoms with Gasteiger partial charge in [0.1, 0.15) is 0 Å². The molecule has 0 amide bonds. The highest BCUT2D eigenvalue weighted by molar-refractivity contribution is 5.69. The van der Waals surface area contributed by atoms with Crippen LogP contribution in [0.5, 0.6) is 0 Å². The average Bonchev–Trinajstić information content (AvgIpc) is 3.04. The zero-order chi connectivity index (χ0) is 15.9. The van der Waals surface area contributed by atoms with E-state index in [1.807, 2.05) is 12.5 Å². The van der Waals surface area contributed by atoms with Crippen LogP contribution < -0.4 is 0 Å². The van der Waals surface area contributed by atoms with Gasteiger partial charge >= 0.3 is 0 Å². The molecule has 0 fully saturated rings. The predicted octanol–water partition coefficient (Wildman–Crippen LogP) is 4.13. The van der Waals surface area contributed by atoms with Crippen molar-refractivity contribution in [2.75, 3.05) is 0 Å². The molecule has 1 aliphatic rings. The third-order valence-corrected chi connectivity index (χ3v) is 4.79. The lowest BCUT2D eigenvalue weighted by molar-refractivity contribution is 0.0364. The minimum atomic E-state index is -0.311. The Labute approximate surface area is 133 Å². The lowest BCUT2D eigenvalue weighted by atomic mass is 9.79. The van der Waals surface area contributed by atoms with Gasteiger partial charge in [0.25, 0.3) is 0 Å². The fraction of sp³-hybridized carbons (Fsp3) is 0.526. The molecule has 1 aromatic carbocycles. The second kappa shape index (κ2) is 5.88. The fourth-order valence-corrected chi connectivity index (χ4v) is 3.80. The summed E-state index contributed by atoms with van der Waals surface area (Å²) in [6.45, 7) is 8.67. The molecular weight excluding hydrogens is 272 g/mol. The smallest absolute Gasteiger partial charge is 0.0956 e. The second-order valence-corrected chi connectivity index (χ2v) is 7.25. The largest absolute Gasteiger partial charge is 0.392 e. The molecule has 3 nitrogen and oxygen atoms in total. The van der Waals surface area contributed by atoms with E-state index in [1.165, 1.54) is 16.8 Å². The maximum atomic E-state index is 10.9. The Hall–Kier alpha value is -1.61. The first-order chi connectivity index (χ1) is 10.5. The quantitative estimate of drug-likeness (QED) is 0.901. The molecule has 3 rings (SSSR count). The molecule has 0 spiro atoms. The average molecular weight is 298 g/mol. The normalized spacial score (nSPS) is 19.3. The molecule has 22 heavy (non-hydrogen) atoms. The van der Waals surface area contributed by atoms with Crippen molar-refractivity contribution in [2.45, 2.75) is 46.3 Å². The molecule has 2 heterocycles. The molecule has 1 unspecified atom stereocenters. The summed E-state index contributed by atoms with van der Waals surface area (Å²) in [5.41, 5.74) is 3.75. The molecule has 0 saturated carbocycles. The summed E-state index contributed by atoms with van der Waals surface area (Å²) >= 11 is 0. The summed E-state index contributed by atoms with van der Waals surface area (Å²) in [5.74, 6) is 1.01. The fourth-order valence-electron chi connectivity index (χ4n) is 3.80. The van der Waals surface area contributed by atoms with Gasteiger partial charge in [-0.2, -0.15) is 0 Å². The van der Waals surface area contributed by atoms with Gasteiger partial charge in [0.15, 0.2) is 0 Å². The summed E-state index contributed by atoms with van der Waals surface area (Å²) in [7, 11) is 0. The number of rotatable bonds is 5. The number of imidazole rings is 1. The van der Waals surface area contributed by atoms with Crippen LogP contribution in [0.25, 0.3) is 11.3 Å². The van der Waals surface area contributed by atoms with E-state index in [2.05, 4.69) is 61.5 Å². The van der Waals surface area contributed by atoms with E-state index in [1.54, 1.807) is 0 Å². The van der Waals surface area contributed by atoms with E-state index >= 15 is 0 Å². The van der Waals surface area contributed by atoms with E-state index in [4.69, 9.17) is 0 Å². The van der Waals surface area contributed by atoms with Crippen LogP contribution in [0.4, 0.5) is 0 Å². The predicted molar refractivity (Wildman–Crippen MR) is 89.6 cm³/mol. The van der Waals surface area contributed by atoms with E-state index in [0.717, 1.165) is 6.42 Å². The first-order valence-electron chi connectivity index (χ1n) is 8.30. The Balaban J connectivity index is 2.08. The van der Waals surface area contributed by atoms with Crippen molar-refractivity contribution in [1.82, 2.24) is 9.55 Å². The summed E-state index contributed by atoms with van der Waals surface area (Å²) in [6, 6.07) is 8.73. The standard InChI is InChI=1S/C19H26N2O/c1-12(2)9-16(19(22)13(3)4)18-15-8-6-5-7-14(15)17-10-20-11-21(17)18/h5-8,10-13,16,18-19,22H,9H2,1-4H3/t16-,18?,19+/m1/s1. The highest BCUT2D eigenvalue weighted by Crippen LogP contribution is 2.46. The molecule has 0 radical (unpaired) electrons. The molecular formula is C19H26N2O. The highest BCUT2D eigenvalue weighted by Gasteiger charge is 2.38. The number of nitrogens with zero attached hydrogens (tertiary/aromatic N) is 2. The lowest BCUT2D eigenvalue weighted by Crippen LogP contribution is -2.34. The Kier molecular flexibility index (Phi) is 4.09. The number of fused-ring (bicyclic) bond motifs is 3. The summed E-state index contributed by atoms with van der Waals surface area (Å²) in [4.78, 5) is 4.34. The van der Waals surface area contributed by atoms with Gasteiger partial charge in [0, 0.05) is 11.5 Å². The maximum absolute atomic E-state index is 10.9. The van der Waals surface area contributed by atoms with Crippen molar-refractivity contribution in [3.05, 3.63) is 42.4 Å². The Morgan fingerprint density at radius 1 is 1.18 bits per heavy atom. The summed E-state index contributed by atoms with van der Waals surface area (Å²) in [5, 5.41) is 10.9. The molecule has 1 N–H and O–H groups in total. The molecule has 2 aromatic rings. The summed E-state index contributed by atoms with van der Waals surface area (Å²) < 4.78 is 2.25. The van der Waals surface area contributed by atoms with Crippen molar-refractivity contribution in [2.24, 2.45) is 17.8 Å². The molecule has 0 bridgehead atoms. The van der Waals surface area contributed by atoms with Crippen LogP contribution in [-0.4, -0.2) is 20.8 Å². The molecule has 3 heteroatoms. The van der Waals surface area contributed by atoms with Crippen LogP contribution >= 0.6 is 0 Å². The monoisotopic (exact) mass is 298 g/mol. The zero-order valence-corrected chi connectivity index (χ0v) is 13.9. The van der Waals surface area contributed by atoms with E-state index in [0.29, 0.717) is 5.92 Å². The van der Waals surface area contributed by atoms with Crippen molar-refractivity contribution < 1.29 is 5.11 Å². The highest BCUT2D eigenvalue weighted by atomic mass is 16.3. The minimum absolute atomic E-state index is 0.188. The summed E-state index contributed by atoms with van der Waals surface area (Å²) in [6.07, 6.45) is 4.55. The van der Waals surface area contributed by atoms with E-state index in [9.17, 15) is 5.11 Å². The Bertz CT molecular complexity index is 644.